The Morgan fingerprint density at radius 2 is 2.00 bits per heavy atom. The van der Waals surface area contributed by atoms with Gasteiger partial charge in [0.1, 0.15) is 0 Å². The maximum Gasteiger partial charge on any atom is 0.434 e. The number of H-pyrrole nitrogens is 1. The second-order valence-corrected chi connectivity index (χ2v) is 4.07. The molecule has 0 aromatic carbocycles. The molecule has 1 saturated carbocycles. The minimum absolute atomic E-state index is 0.436. The van der Waals surface area contributed by atoms with E-state index in [-0.39, 0.29) is 0 Å². The topological polar surface area (TPSA) is 58.9 Å². The Balaban J connectivity index is 1.92. The first-order valence-corrected chi connectivity index (χ1v) is 5.39. The molecule has 1 aromatic rings. The zero-order valence-corrected chi connectivity index (χ0v) is 8.29. The number of aromatic amines is 1. The summed E-state index contributed by atoms with van der Waals surface area (Å²) in [5.41, 5.74) is 0. The number of hydrogen-bond donors (Lipinski definition) is 1. The molecular formula is C10H16N2O2. The fourth-order valence-electron chi connectivity index (χ4n) is 2.16. The van der Waals surface area contributed by atoms with Gasteiger partial charge in [-0.15, -0.1) is 5.10 Å². The monoisotopic (exact) mass is 196 g/mol. The van der Waals surface area contributed by atoms with Gasteiger partial charge in [0.05, 0.1) is 0 Å². The lowest BCUT2D eigenvalue weighted by atomic mass is 9.97. The van der Waals surface area contributed by atoms with Gasteiger partial charge in [0.25, 0.3) is 0 Å². The van der Waals surface area contributed by atoms with Crippen molar-refractivity contribution in [3.05, 3.63) is 16.4 Å². The first kappa shape index (κ1) is 9.49. The van der Waals surface area contributed by atoms with Crippen molar-refractivity contribution in [1.82, 2.24) is 10.2 Å². The lowest BCUT2D eigenvalue weighted by Crippen LogP contribution is -2.03. The predicted molar refractivity (Wildman–Crippen MR) is 52.0 cm³/mol. The van der Waals surface area contributed by atoms with Crippen LogP contribution in [0.5, 0.6) is 0 Å². The summed E-state index contributed by atoms with van der Waals surface area (Å²) in [5.74, 6) is 0.791. The molecule has 4 heteroatoms. The maximum absolute atomic E-state index is 10.7. The summed E-state index contributed by atoms with van der Waals surface area (Å²) in [6.45, 7) is 0. The maximum atomic E-state index is 10.7. The van der Waals surface area contributed by atoms with E-state index in [0.717, 1.165) is 6.42 Å². The van der Waals surface area contributed by atoms with Crippen molar-refractivity contribution < 1.29 is 4.42 Å². The van der Waals surface area contributed by atoms with Crippen LogP contribution in [0.15, 0.2) is 9.21 Å². The third-order valence-corrected chi connectivity index (χ3v) is 2.92. The highest BCUT2D eigenvalue weighted by Gasteiger charge is 2.15. The first-order chi connectivity index (χ1) is 6.84. The SMILES string of the molecule is O=c1[nH]nc(CC2CCCCCC2)o1. The van der Waals surface area contributed by atoms with E-state index in [4.69, 9.17) is 4.42 Å². The molecule has 0 bridgehead atoms. The van der Waals surface area contributed by atoms with Gasteiger partial charge in [0.15, 0.2) is 0 Å². The third-order valence-electron chi connectivity index (χ3n) is 2.92. The van der Waals surface area contributed by atoms with Crippen LogP contribution in [0.1, 0.15) is 44.4 Å². The molecule has 1 heterocycles. The van der Waals surface area contributed by atoms with Gasteiger partial charge < -0.3 is 4.42 Å². The molecule has 1 aliphatic carbocycles. The molecule has 2 rings (SSSR count). The second-order valence-electron chi connectivity index (χ2n) is 4.07. The van der Waals surface area contributed by atoms with Gasteiger partial charge in [-0.1, -0.05) is 25.7 Å². The van der Waals surface area contributed by atoms with Crippen molar-refractivity contribution in [2.24, 2.45) is 5.92 Å². The molecule has 0 amide bonds. The molecule has 1 N–H and O–H groups in total. The van der Waals surface area contributed by atoms with Crippen LogP contribution in [-0.4, -0.2) is 10.2 Å². The van der Waals surface area contributed by atoms with Crippen LogP contribution in [0.2, 0.25) is 0 Å². The number of rotatable bonds is 2. The van der Waals surface area contributed by atoms with E-state index in [2.05, 4.69) is 10.2 Å². The Labute approximate surface area is 82.7 Å². The highest BCUT2D eigenvalue weighted by atomic mass is 16.4. The summed E-state index contributed by atoms with van der Waals surface area (Å²) < 4.78 is 4.90. The fourth-order valence-corrected chi connectivity index (χ4v) is 2.16. The first-order valence-electron chi connectivity index (χ1n) is 5.39. The normalized spacial score (nSPS) is 19.4. The van der Waals surface area contributed by atoms with Gasteiger partial charge >= 0.3 is 5.76 Å². The summed E-state index contributed by atoms with van der Waals surface area (Å²) in [4.78, 5) is 10.7. The zero-order valence-electron chi connectivity index (χ0n) is 8.29. The number of hydrogen-bond acceptors (Lipinski definition) is 3. The molecule has 1 fully saturated rings. The van der Waals surface area contributed by atoms with E-state index >= 15 is 0 Å². The van der Waals surface area contributed by atoms with E-state index in [1.807, 2.05) is 0 Å². The molecule has 0 radical (unpaired) electrons. The van der Waals surface area contributed by atoms with Crippen molar-refractivity contribution in [2.45, 2.75) is 44.9 Å². The molecule has 0 aliphatic heterocycles. The summed E-state index contributed by atoms with van der Waals surface area (Å²) in [6, 6.07) is 0. The van der Waals surface area contributed by atoms with Gasteiger partial charge in [-0.05, 0) is 18.8 Å². The number of nitrogens with one attached hydrogen (secondary N) is 1. The average molecular weight is 196 g/mol. The van der Waals surface area contributed by atoms with Crippen molar-refractivity contribution >= 4 is 0 Å². The highest BCUT2D eigenvalue weighted by molar-refractivity contribution is 4.79. The van der Waals surface area contributed by atoms with E-state index in [9.17, 15) is 4.79 Å². The van der Waals surface area contributed by atoms with Crippen LogP contribution in [0.4, 0.5) is 0 Å². The average Bonchev–Trinajstić information content (AvgIpc) is 2.43. The quantitative estimate of drug-likeness (QED) is 0.734. The Kier molecular flexibility index (Phi) is 3.01. The third kappa shape index (κ3) is 2.47. The fraction of sp³-hybridized carbons (Fsp3) is 0.800. The molecule has 0 saturated heterocycles. The molecule has 14 heavy (non-hydrogen) atoms. The van der Waals surface area contributed by atoms with Crippen molar-refractivity contribution in [2.75, 3.05) is 0 Å². The van der Waals surface area contributed by atoms with Gasteiger partial charge in [0, 0.05) is 6.42 Å². The lowest BCUT2D eigenvalue weighted by Gasteiger charge is -2.09. The van der Waals surface area contributed by atoms with E-state index < -0.39 is 5.76 Å². The molecule has 0 unspecified atom stereocenters. The van der Waals surface area contributed by atoms with Crippen LogP contribution in [0, 0.1) is 5.92 Å². The number of aromatic nitrogens is 2. The Hall–Kier alpha value is -1.06. The zero-order chi connectivity index (χ0) is 9.80. The second kappa shape index (κ2) is 4.44. The van der Waals surface area contributed by atoms with E-state index in [1.54, 1.807) is 0 Å². The molecular weight excluding hydrogens is 180 g/mol. The van der Waals surface area contributed by atoms with Crippen LogP contribution in [-0.2, 0) is 6.42 Å². The number of nitrogens with zero attached hydrogens (tertiary/aromatic N) is 1. The summed E-state index contributed by atoms with van der Waals surface area (Å²) in [5, 5.41) is 6.14. The van der Waals surface area contributed by atoms with Crippen molar-refractivity contribution in [3.63, 3.8) is 0 Å². The molecule has 0 spiro atoms. The predicted octanol–water partition coefficient (Wildman–Crippen LogP) is 1.88. The minimum atomic E-state index is -0.436. The molecule has 78 valence electrons. The van der Waals surface area contributed by atoms with Crippen molar-refractivity contribution in [1.29, 1.82) is 0 Å². The van der Waals surface area contributed by atoms with Crippen molar-refractivity contribution in [3.8, 4) is 0 Å². The summed E-state index contributed by atoms with van der Waals surface area (Å²) in [7, 11) is 0. The van der Waals surface area contributed by atoms with E-state index in [1.165, 1.54) is 38.5 Å². The van der Waals surface area contributed by atoms with Gasteiger partial charge in [-0.25, -0.2) is 9.89 Å². The Morgan fingerprint density at radius 3 is 2.57 bits per heavy atom. The smallest absolute Gasteiger partial charge is 0.392 e. The Bertz CT molecular complexity index is 321. The molecule has 0 atom stereocenters. The lowest BCUT2D eigenvalue weighted by molar-refractivity contribution is 0.383. The summed E-state index contributed by atoms with van der Waals surface area (Å²) >= 11 is 0. The van der Waals surface area contributed by atoms with Gasteiger partial charge in [-0.3, -0.25) is 0 Å². The van der Waals surface area contributed by atoms with Crippen LogP contribution in [0.25, 0.3) is 0 Å². The molecule has 1 aliphatic rings. The van der Waals surface area contributed by atoms with E-state index in [0.29, 0.717) is 11.8 Å². The van der Waals surface area contributed by atoms with Gasteiger partial charge in [-0.2, -0.15) is 0 Å². The van der Waals surface area contributed by atoms with Gasteiger partial charge in [0.2, 0.25) is 5.89 Å². The largest absolute Gasteiger partial charge is 0.434 e. The van der Waals surface area contributed by atoms with Crippen LogP contribution < -0.4 is 5.76 Å². The minimum Gasteiger partial charge on any atom is -0.392 e. The van der Waals surface area contributed by atoms with Crippen LogP contribution >= 0.6 is 0 Å². The molecule has 1 aromatic heterocycles. The van der Waals surface area contributed by atoms with Crippen LogP contribution in [0.3, 0.4) is 0 Å². The summed E-state index contributed by atoms with van der Waals surface area (Å²) in [6.07, 6.45) is 8.62. The molecule has 4 nitrogen and oxygen atoms in total. The Morgan fingerprint density at radius 1 is 1.29 bits per heavy atom. The standard InChI is InChI=1S/C10H16N2O2/c13-10-12-11-9(14-10)7-8-5-3-1-2-4-6-8/h8H,1-7H2,(H,12,13). The highest BCUT2D eigenvalue weighted by Crippen LogP contribution is 2.24.